The Balaban J connectivity index is 2.33. The normalized spacial score (nSPS) is 10.4. The summed E-state index contributed by atoms with van der Waals surface area (Å²) in [4.78, 5) is 12.2. The zero-order valence-electron chi connectivity index (χ0n) is 9.88. The fourth-order valence-electron chi connectivity index (χ4n) is 1.56. The van der Waals surface area contributed by atoms with E-state index >= 15 is 0 Å². The Morgan fingerprint density at radius 2 is 1.70 bits per heavy atom. The van der Waals surface area contributed by atoms with Gasteiger partial charge in [-0.3, -0.25) is 4.79 Å². The van der Waals surface area contributed by atoms with Gasteiger partial charge in [0.15, 0.2) is 0 Å². The minimum atomic E-state index is -0.307. The lowest BCUT2D eigenvalue weighted by Gasteiger charge is -2.11. The fourth-order valence-corrected chi connectivity index (χ4v) is 4.29. The summed E-state index contributed by atoms with van der Waals surface area (Å²) in [6, 6.07) is 8.44. The Labute approximate surface area is 146 Å². The number of hydrogen-bond acceptors (Lipinski definition) is 2. The number of benzene rings is 2. The van der Waals surface area contributed by atoms with E-state index in [0.29, 0.717) is 22.0 Å². The van der Waals surface area contributed by atoms with Gasteiger partial charge in [0.1, 0.15) is 0 Å². The van der Waals surface area contributed by atoms with E-state index in [9.17, 15) is 4.79 Å². The number of anilines is 2. The van der Waals surface area contributed by atoms with E-state index in [1.807, 2.05) is 12.1 Å². The van der Waals surface area contributed by atoms with Gasteiger partial charge < -0.3 is 11.1 Å². The molecular formula is C13H8Br3ClN2O. The molecule has 0 unspecified atom stereocenters. The summed E-state index contributed by atoms with van der Waals surface area (Å²) in [5.74, 6) is -0.307. The van der Waals surface area contributed by atoms with Gasteiger partial charge in [-0.05, 0) is 62.2 Å². The van der Waals surface area contributed by atoms with Crippen molar-refractivity contribution in [3.05, 3.63) is 54.3 Å². The van der Waals surface area contributed by atoms with Crippen LogP contribution in [0.1, 0.15) is 10.4 Å². The number of hydrogen-bond donors (Lipinski definition) is 2. The van der Waals surface area contributed by atoms with Gasteiger partial charge in [-0.1, -0.05) is 27.5 Å². The molecule has 3 nitrogen and oxygen atoms in total. The van der Waals surface area contributed by atoms with Crippen LogP contribution in [0.2, 0.25) is 5.02 Å². The van der Waals surface area contributed by atoms with Crippen molar-refractivity contribution in [2.75, 3.05) is 11.1 Å². The molecule has 3 N–H and O–H groups in total. The van der Waals surface area contributed by atoms with Gasteiger partial charge >= 0.3 is 0 Å². The fraction of sp³-hybridized carbons (Fsp3) is 0. The maximum atomic E-state index is 12.2. The Hall–Kier alpha value is -0.560. The third-order valence-electron chi connectivity index (χ3n) is 2.48. The summed E-state index contributed by atoms with van der Waals surface area (Å²) in [6.45, 7) is 0. The van der Waals surface area contributed by atoms with Gasteiger partial charge in [0.05, 0.1) is 16.3 Å². The number of rotatable bonds is 2. The van der Waals surface area contributed by atoms with Crippen molar-refractivity contribution in [1.29, 1.82) is 0 Å². The van der Waals surface area contributed by atoms with Crippen LogP contribution >= 0.6 is 59.4 Å². The van der Waals surface area contributed by atoms with Crippen molar-refractivity contribution in [1.82, 2.24) is 0 Å². The minimum Gasteiger partial charge on any atom is -0.399 e. The van der Waals surface area contributed by atoms with E-state index in [2.05, 4.69) is 53.1 Å². The summed E-state index contributed by atoms with van der Waals surface area (Å²) in [5.41, 5.74) is 7.11. The lowest BCUT2D eigenvalue weighted by molar-refractivity contribution is 0.102. The molecule has 0 radical (unpaired) electrons. The Morgan fingerprint density at radius 3 is 2.25 bits per heavy atom. The summed E-state index contributed by atoms with van der Waals surface area (Å²) in [6.07, 6.45) is 0. The molecule has 20 heavy (non-hydrogen) atoms. The van der Waals surface area contributed by atoms with E-state index in [1.165, 1.54) is 0 Å². The van der Waals surface area contributed by atoms with Crippen molar-refractivity contribution in [3.8, 4) is 0 Å². The van der Waals surface area contributed by atoms with E-state index in [1.54, 1.807) is 18.2 Å². The second-order valence-electron chi connectivity index (χ2n) is 3.94. The molecule has 7 heteroatoms. The average molecular weight is 483 g/mol. The molecule has 0 atom stereocenters. The molecule has 0 aliphatic rings. The zero-order valence-corrected chi connectivity index (χ0v) is 15.4. The van der Waals surface area contributed by atoms with Crippen LogP contribution in [0.3, 0.4) is 0 Å². The molecule has 2 aromatic rings. The summed E-state index contributed by atoms with van der Waals surface area (Å²) in [5, 5.41) is 3.12. The maximum Gasteiger partial charge on any atom is 0.257 e. The van der Waals surface area contributed by atoms with Crippen LogP contribution in [-0.2, 0) is 0 Å². The van der Waals surface area contributed by atoms with Crippen LogP contribution in [0.25, 0.3) is 0 Å². The van der Waals surface area contributed by atoms with Crippen molar-refractivity contribution in [3.63, 3.8) is 0 Å². The lowest BCUT2D eigenvalue weighted by atomic mass is 10.2. The second-order valence-corrected chi connectivity index (χ2v) is 6.97. The number of nitrogens with one attached hydrogen (secondary N) is 1. The van der Waals surface area contributed by atoms with Gasteiger partial charge in [0, 0.05) is 19.1 Å². The first-order valence-corrected chi connectivity index (χ1v) is 8.15. The number of nitrogens with two attached hydrogens (primary N) is 1. The molecule has 1 amide bonds. The molecule has 0 aliphatic carbocycles. The molecule has 104 valence electrons. The second kappa shape index (κ2) is 6.47. The summed E-state index contributed by atoms with van der Waals surface area (Å²) >= 11 is 16.2. The predicted molar refractivity (Wildman–Crippen MR) is 93.4 cm³/mol. The van der Waals surface area contributed by atoms with Crippen molar-refractivity contribution in [2.45, 2.75) is 0 Å². The Morgan fingerprint density at radius 1 is 1.10 bits per heavy atom. The van der Waals surface area contributed by atoms with Gasteiger partial charge in [-0.2, -0.15) is 0 Å². The largest absolute Gasteiger partial charge is 0.399 e. The van der Waals surface area contributed by atoms with Crippen LogP contribution in [0.4, 0.5) is 11.4 Å². The van der Waals surface area contributed by atoms with Crippen LogP contribution < -0.4 is 11.1 Å². The third-order valence-corrected chi connectivity index (χ3v) is 4.50. The first-order valence-electron chi connectivity index (χ1n) is 5.39. The third kappa shape index (κ3) is 3.55. The standard InChI is InChI=1S/C13H8Br3ClN2O/c14-6-3-9(15)12(10(16)4-6)19-13(20)8-2-1-7(18)5-11(8)17/h1-5H,18H2,(H,19,20). The molecule has 0 heterocycles. The summed E-state index contributed by atoms with van der Waals surface area (Å²) in [7, 11) is 0. The first-order chi connectivity index (χ1) is 9.38. The number of carbonyl (C=O) groups excluding carboxylic acids is 1. The van der Waals surface area contributed by atoms with Crippen molar-refractivity contribution < 1.29 is 4.79 Å². The molecule has 2 rings (SSSR count). The predicted octanol–water partition coefficient (Wildman–Crippen LogP) is 5.46. The Kier molecular flexibility index (Phi) is 5.12. The molecule has 2 aromatic carbocycles. The van der Waals surface area contributed by atoms with Gasteiger partial charge in [-0.25, -0.2) is 0 Å². The van der Waals surface area contributed by atoms with Crippen LogP contribution in [-0.4, -0.2) is 5.91 Å². The van der Waals surface area contributed by atoms with Gasteiger partial charge in [0.2, 0.25) is 0 Å². The molecule has 0 aromatic heterocycles. The number of carbonyl (C=O) groups is 1. The molecule has 0 bridgehead atoms. The average Bonchev–Trinajstić information content (AvgIpc) is 2.33. The van der Waals surface area contributed by atoms with Crippen molar-refractivity contribution in [2.24, 2.45) is 0 Å². The first kappa shape index (κ1) is 15.8. The van der Waals surface area contributed by atoms with Gasteiger partial charge in [0.25, 0.3) is 5.91 Å². The van der Waals surface area contributed by atoms with Gasteiger partial charge in [-0.15, -0.1) is 0 Å². The Bertz CT molecular complexity index is 668. The quantitative estimate of drug-likeness (QED) is 0.558. The van der Waals surface area contributed by atoms with Crippen LogP contribution in [0.15, 0.2) is 43.7 Å². The van der Waals surface area contributed by atoms with E-state index in [0.717, 1.165) is 13.4 Å². The molecule has 0 saturated carbocycles. The molecule has 0 saturated heterocycles. The lowest BCUT2D eigenvalue weighted by Crippen LogP contribution is -2.13. The van der Waals surface area contributed by atoms with Crippen molar-refractivity contribution >= 4 is 76.7 Å². The summed E-state index contributed by atoms with van der Waals surface area (Å²) < 4.78 is 2.39. The highest BCUT2D eigenvalue weighted by molar-refractivity contribution is 9.11. The van der Waals surface area contributed by atoms with E-state index in [4.69, 9.17) is 17.3 Å². The number of halogens is 4. The number of amides is 1. The van der Waals surface area contributed by atoms with Crippen LogP contribution in [0.5, 0.6) is 0 Å². The molecule has 0 aliphatic heterocycles. The molecule has 0 fully saturated rings. The SMILES string of the molecule is Nc1ccc(C(=O)Nc2c(Br)cc(Br)cc2Br)c(Cl)c1. The van der Waals surface area contributed by atoms with E-state index < -0.39 is 0 Å². The highest BCUT2D eigenvalue weighted by Crippen LogP contribution is 2.35. The van der Waals surface area contributed by atoms with E-state index in [-0.39, 0.29) is 5.91 Å². The molecule has 0 spiro atoms. The topological polar surface area (TPSA) is 55.1 Å². The van der Waals surface area contributed by atoms with Crippen LogP contribution in [0, 0.1) is 0 Å². The molecular weight excluding hydrogens is 475 g/mol. The monoisotopic (exact) mass is 480 g/mol. The zero-order chi connectivity index (χ0) is 14.9. The minimum absolute atomic E-state index is 0.307. The maximum absolute atomic E-state index is 12.2. The smallest absolute Gasteiger partial charge is 0.257 e. The highest BCUT2D eigenvalue weighted by Gasteiger charge is 2.14. The highest BCUT2D eigenvalue weighted by atomic mass is 79.9. The number of nitrogen functional groups attached to an aromatic ring is 1.